The van der Waals surface area contributed by atoms with E-state index in [0.717, 1.165) is 17.7 Å². The number of carbonyl (C=O) groups is 2. The third-order valence-corrected chi connectivity index (χ3v) is 3.08. The van der Waals surface area contributed by atoms with Crippen LogP contribution in [0.4, 0.5) is 4.79 Å². The van der Waals surface area contributed by atoms with Gasteiger partial charge in [-0.1, -0.05) is 6.07 Å². The highest BCUT2D eigenvalue weighted by Crippen LogP contribution is 2.24. The van der Waals surface area contributed by atoms with E-state index in [2.05, 4.69) is 6.07 Å². The number of ether oxygens (including phenoxy) is 2. The normalized spacial score (nSPS) is 13.6. The molecule has 1 aromatic rings. The third-order valence-electron chi connectivity index (χ3n) is 3.08. The van der Waals surface area contributed by atoms with Crippen molar-refractivity contribution in [3.05, 3.63) is 29.3 Å². The zero-order chi connectivity index (χ0) is 16.0. The van der Waals surface area contributed by atoms with Gasteiger partial charge in [-0.2, -0.15) is 0 Å². The van der Waals surface area contributed by atoms with Crippen LogP contribution in [0.3, 0.4) is 0 Å². The molecule has 0 spiro atoms. The van der Waals surface area contributed by atoms with E-state index in [0.29, 0.717) is 13.1 Å². The number of hydrogen-bond acceptors (Lipinski definition) is 4. The van der Waals surface area contributed by atoms with E-state index in [9.17, 15) is 4.79 Å². The summed E-state index contributed by atoms with van der Waals surface area (Å²) in [6, 6.07) is 6.02. The number of fused-ring (bicyclic) bond motifs is 1. The molecule has 0 fully saturated rings. The van der Waals surface area contributed by atoms with Crippen LogP contribution >= 0.6 is 0 Å². The Morgan fingerprint density at radius 2 is 1.90 bits per heavy atom. The predicted molar refractivity (Wildman–Crippen MR) is 80.5 cm³/mol. The number of carbonyl (C=O) groups excluding carboxylic acids is 2. The minimum Gasteiger partial charge on any atom is -0.497 e. The van der Waals surface area contributed by atoms with Crippen LogP contribution in [0, 0.1) is 0 Å². The second-order valence-electron chi connectivity index (χ2n) is 5.79. The molecule has 1 heterocycles. The molecule has 1 aromatic carbocycles. The van der Waals surface area contributed by atoms with Crippen LogP contribution in [-0.4, -0.2) is 37.0 Å². The Labute approximate surface area is 125 Å². The Morgan fingerprint density at radius 3 is 2.48 bits per heavy atom. The zero-order valence-corrected chi connectivity index (χ0v) is 13.1. The maximum absolute atomic E-state index is 12.1. The van der Waals surface area contributed by atoms with Crippen LogP contribution in [0.15, 0.2) is 18.2 Å². The molecule has 2 rings (SSSR count). The fourth-order valence-electron chi connectivity index (χ4n) is 2.14. The number of nitrogens with zero attached hydrogens (tertiary/aromatic N) is 1. The highest BCUT2D eigenvalue weighted by atomic mass is 16.6. The van der Waals surface area contributed by atoms with Gasteiger partial charge in [-0.05, 0) is 50.5 Å². The van der Waals surface area contributed by atoms with E-state index in [4.69, 9.17) is 14.3 Å². The van der Waals surface area contributed by atoms with Gasteiger partial charge in [-0.3, -0.25) is 0 Å². The first kappa shape index (κ1) is 17.0. The maximum atomic E-state index is 12.1. The summed E-state index contributed by atoms with van der Waals surface area (Å²) < 4.78 is 10.6. The van der Waals surface area contributed by atoms with E-state index < -0.39 is 5.60 Å². The lowest BCUT2D eigenvalue weighted by Gasteiger charge is -2.31. The Bertz CT molecular complexity index is 494. The quantitative estimate of drug-likeness (QED) is 0.799. The molecule has 0 atom stereocenters. The Balaban J connectivity index is 0.00000106. The Hall–Kier alpha value is -2.04. The molecule has 5 heteroatoms. The Morgan fingerprint density at radius 1 is 1.24 bits per heavy atom. The minimum atomic E-state index is -0.453. The molecule has 0 radical (unpaired) electrons. The smallest absolute Gasteiger partial charge is 0.410 e. The highest BCUT2D eigenvalue weighted by molar-refractivity contribution is 5.68. The monoisotopic (exact) mass is 293 g/mol. The van der Waals surface area contributed by atoms with Gasteiger partial charge in [0.1, 0.15) is 18.1 Å². The van der Waals surface area contributed by atoms with E-state index in [-0.39, 0.29) is 6.09 Å². The van der Waals surface area contributed by atoms with Gasteiger partial charge in [0.25, 0.3) is 0 Å². The number of benzene rings is 1. The summed E-state index contributed by atoms with van der Waals surface area (Å²) in [6.45, 7) is 8.93. The maximum Gasteiger partial charge on any atom is 0.410 e. The van der Waals surface area contributed by atoms with Gasteiger partial charge in [0.15, 0.2) is 0 Å². The molecule has 0 saturated heterocycles. The van der Waals surface area contributed by atoms with Crippen LogP contribution in [0.25, 0.3) is 0 Å². The third kappa shape index (κ3) is 4.77. The first-order valence-electron chi connectivity index (χ1n) is 6.81. The van der Waals surface area contributed by atoms with Gasteiger partial charge in [0, 0.05) is 13.1 Å². The Kier molecular flexibility index (Phi) is 5.76. The van der Waals surface area contributed by atoms with E-state index in [1.165, 1.54) is 5.56 Å². The minimum absolute atomic E-state index is 0.249. The highest BCUT2D eigenvalue weighted by Gasteiger charge is 2.25. The topological polar surface area (TPSA) is 55.8 Å². The molecule has 5 nitrogen and oxygen atoms in total. The lowest BCUT2D eigenvalue weighted by molar-refractivity contribution is -0.0980. The first-order chi connectivity index (χ1) is 9.89. The standard InChI is InChI=1S/C15H21NO3.CH2O/c1-15(2,3)19-14(17)16-8-7-11-5-6-13(18-4)9-12(11)10-16;1-2/h5-6,9H,7-8,10H2,1-4H3;1H2. The fraction of sp³-hybridized carbons (Fsp3) is 0.500. The van der Waals surface area contributed by atoms with Crippen molar-refractivity contribution in [1.29, 1.82) is 0 Å². The van der Waals surface area contributed by atoms with E-state index >= 15 is 0 Å². The fourth-order valence-corrected chi connectivity index (χ4v) is 2.14. The second-order valence-corrected chi connectivity index (χ2v) is 5.79. The van der Waals surface area contributed by atoms with Crippen molar-refractivity contribution >= 4 is 12.9 Å². The van der Waals surface area contributed by atoms with Gasteiger partial charge in [-0.25, -0.2) is 4.79 Å². The molecule has 1 aliphatic rings. The lowest BCUT2D eigenvalue weighted by Crippen LogP contribution is -2.39. The molecule has 1 aliphatic heterocycles. The zero-order valence-electron chi connectivity index (χ0n) is 13.1. The van der Waals surface area contributed by atoms with Crippen molar-refractivity contribution < 1.29 is 19.1 Å². The van der Waals surface area contributed by atoms with Crippen molar-refractivity contribution in [3.8, 4) is 5.75 Å². The summed E-state index contributed by atoms with van der Waals surface area (Å²) in [5, 5.41) is 0. The van der Waals surface area contributed by atoms with Crippen LogP contribution in [0.1, 0.15) is 31.9 Å². The summed E-state index contributed by atoms with van der Waals surface area (Å²) in [7, 11) is 1.65. The molecule has 116 valence electrons. The van der Waals surface area contributed by atoms with Gasteiger partial charge in [0.05, 0.1) is 7.11 Å². The summed E-state index contributed by atoms with van der Waals surface area (Å²) in [5.74, 6) is 0.824. The predicted octanol–water partition coefficient (Wildman–Crippen LogP) is 2.80. The SMILES string of the molecule is C=O.COc1ccc2c(c1)CN(C(=O)OC(C)(C)C)CC2. The molecule has 0 unspecified atom stereocenters. The van der Waals surface area contributed by atoms with Crippen molar-refractivity contribution in [2.45, 2.75) is 39.3 Å². The molecule has 0 aromatic heterocycles. The molecular weight excluding hydrogens is 270 g/mol. The van der Waals surface area contributed by atoms with Gasteiger partial charge >= 0.3 is 6.09 Å². The van der Waals surface area contributed by atoms with Gasteiger partial charge in [-0.15, -0.1) is 0 Å². The van der Waals surface area contributed by atoms with Crippen molar-refractivity contribution in [3.63, 3.8) is 0 Å². The number of amides is 1. The van der Waals surface area contributed by atoms with Crippen LogP contribution < -0.4 is 4.74 Å². The van der Waals surface area contributed by atoms with Crippen molar-refractivity contribution in [2.75, 3.05) is 13.7 Å². The average molecular weight is 293 g/mol. The van der Waals surface area contributed by atoms with Crippen molar-refractivity contribution in [2.24, 2.45) is 0 Å². The van der Waals surface area contributed by atoms with Crippen molar-refractivity contribution in [1.82, 2.24) is 4.90 Å². The largest absolute Gasteiger partial charge is 0.497 e. The first-order valence-corrected chi connectivity index (χ1v) is 6.81. The van der Waals surface area contributed by atoms with Crippen LogP contribution in [-0.2, 0) is 22.5 Å². The molecule has 0 aliphatic carbocycles. The van der Waals surface area contributed by atoms with Crippen LogP contribution in [0.5, 0.6) is 5.75 Å². The molecule has 0 bridgehead atoms. The molecule has 0 N–H and O–H groups in total. The molecule has 0 saturated carbocycles. The summed E-state index contributed by atoms with van der Waals surface area (Å²) in [6.07, 6.45) is 0.611. The van der Waals surface area contributed by atoms with Gasteiger partial charge in [0.2, 0.25) is 0 Å². The van der Waals surface area contributed by atoms with Gasteiger partial charge < -0.3 is 19.2 Å². The van der Waals surface area contributed by atoms with E-state index in [1.807, 2.05) is 39.7 Å². The number of methoxy groups -OCH3 is 1. The summed E-state index contributed by atoms with van der Waals surface area (Å²) in [4.78, 5) is 21.8. The molecule has 21 heavy (non-hydrogen) atoms. The molecule has 1 amide bonds. The van der Waals surface area contributed by atoms with E-state index in [1.54, 1.807) is 12.0 Å². The molecular formula is C16H23NO4. The summed E-state index contributed by atoms with van der Waals surface area (Å²) in [5.41, 5.74) is 1.96. The second kappa shape index (κ2) is 7.11. The lowest BCUT2D eigenvalue weighted by atomic mass is 10.00. The van der Waals surface area contributed by atoms with Crippen LogP contribution in [0.2, 0.25) is 0 Å². The number of rotatable bonds is 1. The number of hydrogen-bond donors (Lipinski definition) is 0. The average Bonchev–Trinajstić information content (AvgIpc) is 2.46. The summed E-state index contributed by atoms with van der Waals surface area (Å²) >= 11 is 0.